The van der Waals surface area contributed by atoms with Gasteiger partial charge in [-0.15, -0.1) is 24.8 Å². The van der Waals surface area contributed by atoms with Crippen LogP contribution in [0.3, 0.4) is 0 Å². The van der Waals surface area contributed by atoms with E-state index >= 15 is 0 Å². The number of ether oxygens (including phenoxy) is 1. The van der Waals surface area contributed by atoms with Gasteiger partial charge in [-0.25, -0.2) is 4.99 Å². The van der Waals surface area contributed by atoms with Crippen LogP contribution in [0.15, 0.2) is 53.7 Å². The molecule has 1 aromatic rings. The van der Waals surface area contributed by atoms with E-state index in [2.05, 4.69) is 45.9 Å². The van der Waals surface area contributed by atoms with Crippen molar-refractivity contribution < 1.29 is 4.74 Å². The Balaban J connectivity index is 0.00000156. The van der Waals surface area contributed by atoms with E-state index in [1.807, 2.05) is 25.3 Å². The summed E-state index contributed by atoms with van der Waals surface area (Å²) in [6.07, 6.45) is 9.59. The van der Waals surface area contributed by atoms with Crippen molar-refractivity contribution in [3.8, 4) is 5.75 Å². The van der Waals surface area contributed by atoms with Crippen molar-refractivity contribution >= 4 is 30.6 Å². The molecule has 2 heterocycles. The van der Waals surface area contributed by atoms with Crippen molar-refractivity contribution in [2.24, 2.45) is 4.99 Å². The van der Waals surface area contributed by atoms with Crippen molar-refractivity contribution in [1.82, 2.24) is 15.5 Å². The van der Waals surface area contributed by atoms with Crippen LogP contribution in [-0.2, 0) is 5.66 Å². The SMILES string of the molecule is COc1ccc(C2(NCN3CC=CCC3)C=CNC(C)=N2)cc1.Cl.Cl. The van der Waals surface area contributed by atoms with E-state index in [0.717, 1.165) is 43.3 Å². The Morgan fingerprint density at radius 2 is 2.00 bits per heavy atom. The number of halogens is 2. The minimum Gasteiger partial charge on any atom is -0.497 e. The Bertz CT molecular complexity index is 630. The number of benzene rings is 1. The average molecular weight is 385 g/mol. The number of amidine groups is 1. The molecule has 0 bridgehead atoms. The number of rotatable bonds is 5. The highest BCUT2D eigenvalue weighted by Crippen LogP contribution is 2.28. The van der Waals surface area contributed by atoms with Gasteiger partial charge in [-0.2, -0.15) is 0 Å². The van der Waals surface area contributed by atoms with Gasteiger partial charge in [0.1, 0.15) is 11.6 Å². The number of aliphatic imine (C=N–C) groups is 1. The molecule has 7 heteroatoms. The number of nitrogens with zero attached hydrogens (tertiary/aromatic N) is 2. The monoisotopic (exact) mass is 384 g/mol. The van der Waals surface area contributed by atoms with Crippen molar-refractivity contribution in [3.63, 3.8) is 0 Å². The second kappa shape index (κ2) is 9.82. The Labute approximate surface area is 162 Å². The van der Waals surface area contributed by atoms with Crippen LogP contribution < -0.4 is 15.4 Å². The number of hydrogen-bond acceptors (Lipinski definition) is 5. The predicted molar refractivity (Wildman–Crippen MR) is 108 cm³/mol. The maximum absolute atomic E-state index is 5.26. The average Bonchev–Trinajstić information content (AvgIpc) is 2.61. The van der Waals surface area contributed by atoms with Crippen LogP contribution in [0.5, 0.6) is 5.75 Å². The standard InChI is InChI=1S/C18H24N4O.2ClH/c1-15-19-11-10-18(21-15,16-6-8-17(23-2)9-7-16)20-14-22-12-4-3-5-13-22;;/h3-4,6-11,20H,5,12-14H2,1-2H3,(H,19,21);2*1H. The van der Waals surface area contributed by atoms with E-state index in [1.165, 1.54) is 0 Å². The Morgan fingerprint density at radius 3 is 2.60 bits per heavy atom. The van der Waals surface area contributed by atoms with Crippen molar-refractivity contribution in [1.29, 1.82) is 0 Å². The minimum atomic E-state index is -0.539. The van der Waals surface area contributed by atoms with Crippen LogP contribution in [0.4, 0.5) is 0 Å². The first kappa shape index (κ1) is 21.5. The van der Waals surface area contributed by atoms with E-state index in [-0.39, 0.29) is 24.8 Å². The van der Waals surface area contributed by atoms with Gasteiger partial charge in [0.25, 0.3) is 0 Å². The zero-order chi connectivity index (χ0) is 16.1. The molecule has 0 spiro atoms. The fraction of sp³-hybridized carbons (Fsp3) is 0.389. The zero-order valence-electron chi connectivity index (χ0n) is 14.6. The second-order valence-corrected chi connectivity index (χ2v) is 5.84. The van der Waals surface area contributed by atoms with E-state index in [0.29, 0.717) is 0 Å². The van der Waals surface area contributed by atoms with Crippen LogP contribution in [0, 0.1) is 0 Å². The first-order chi connectivity index (χ1) is 11.2. The molecule has 1 atom stereocenters. The fourth-order valence-corrected chi connectivity index (χ4v) is 2.89. The summed E-state index contributed by atoms with van der Waals surface area (Å²) in [6.45, 7) is 4.83. The molecule has 0 fully saturated rings. The van der Waals surface area contributed by atoms with E-state index in [4.69, 9.17) is 9.73 Å². The van der Waals surface area contributed by atoms with Crippen LogP contribution in [-0.4, -0.2) is 37.6 Å². The van der Waals surface area contributed by atoms with Crippen LogP contribution >= 0.6 is 24.8 Å². The summed E-state index contributed by atoms with van der Waals surface area (Å²) in [7, 11) is 1.68. The largest absolute Gasteiger partial charge is 0.497 e. The summed E-state index contributed by atoms with van der Waals surface area (Å²) >= 11 is 0. The Morgan fingerprint density at radius 1 is 1.24 bits per heavy atom. The predicted octanol–water partition coefficient (Wildman–Crippen LogP) is 3.04. The minimum absolute atomic E-state index is 0. The van der Waals surface area contributed by atoms with Gasteiger partial charge < -0.3 is 10.1 Å². The number of methoxy groups -OCH3 is 1. The topological polar surface area (TPSA) is 48.9 Å². The normalized spacial score (nSPS) is 22.2. The van der Waals surface area contributed by atoms with Gasteiger partial charge >= 0.3 is 0 Å². The quantitative estimate of drug-likeness (QED) is 0.765. The molecule has 0 aliphatic carbocycles. The molecule has 0 saturated carbocycles. The van der Waals surface area contributed by atoms with Crippen LogP contribution in [0.2, 0.25) is 0 Å². The van der Waals surface area contributed by atoms with Gasteiger partial charge in [0.2, 0.25) is 0 Å². The molecule has 5 nitrogen and oxygen atoms in total. The lowest BCUT2D eigenvalue weighted by molar-refractivity contribution is 0.238. The fourth-order valence-electron chi connectivity index (χ4n) is 2.89. The molecule has 0 aromatic heterocycles. The summed E-state index contributed by atoms with van der Waals surface area (Å²) < 4.78 is 5.26. The highest BCUT2D eigenvalue weighted by molar-refractivity contribution is 5.85. The van der Waals surface area contributed by atoms with Gasteiger partial charge in [0, 0.05) is 19.3 Å². The summed E-state index contributed by atoms with van der Waals surface area (Å²) in [5.74, 6) is 1.75. The lowest BCUT2D eigenvalue weighted by Crippen LogP contribution is -2.48. The first-order valence-corrected chi connectivity index (χ1v) is 7.99. The second-order valence-electron chi connectivity index (χ2n) is 5.84. The van der Waals surface area contributed by atoms with Crippen molar-refractivity contribution in [3.05, 3.63) is 54.3 Å². The molecule has 25 heavy (non-hydrogen) atoms. The summed E-state index contributed by atoms with van der Waals surface area (Å²) in [4.78, 5) is 7.23. The molecule has 3 rings (SSSR count). The van der Waals surface area contributed by atoms with Gasteiger partial charge in [0.05, 0.1) is 13.8 Å². The third kappa shape index (κ3) is 5.22. The Hall–Kier alpha value is -1.53. The number of hydrogen-bond donors (Lipinski definition) is 2. The third-order valence-electron chi connectivity index (χ3n) is 4.21. The first-order valence-electron chi connectivity index (χ1n) is 7.99. The molecular weight excluding hydrogens is 359 g/mol. The zero-order valence-corrected chi connectivity index (χ0v) is 16.2. The molecule has 0 radical (unpaired) electrons. The summed E-state index contributed by atoms with van der Waals surface area (Å²) in [5.41, 5.74) is 0.561. The molecule has 1 aromatic carbocycles. The maximum atomic E-state index is 5.26. The highest BCUT2D eigenvalue weighted by atomic mass is 35.5. The van der Waals surface area contributed by atoms with Crippen molar-refractivity contribution in [2.45, 2.75) is 19.0 Å². The molecule has 2 N–H and O–H groups in total. The lowest BCUT2D eigenvalue weighted by atomic mass is 9.98. The van der Waals surface area contributed by atoms with Crippen LogP contribution in [0.25, 0.3) is 0 Å². The number of nitrogens with one attached hydrogen (secondary N) is 2. The third-order valence-corrected chi connectivity index (χ3v) is 4.21. The van der Waals surface area contributed by atoms with E-state index in [1.54, 1.807) is 7.11 Å². The highest BCUT2D eigenvalue weighted by Gasteiger charge is 2.31. The summed E-state index contributed by atoms with van der Waals surface area (Å²) in [5, 5.41) is 6.77. The molecule has 138 valence electrons. The lowest BCUT2D eigenvalue weighted by Gasteiger charge is -2.34. The maximum Gasteiger partial charge on any atom is 0.159 e. The van der Waals surface area contributed by atoms with Crippen molar-refractivity contribution in [2.75, 3.05) is 26.9 Å². The molecule has 0 amide bonds. The molecule has 1 unspecified atom stereocenters. The molecule has 2 aliphatic heterocycles. The smallest absolute Gasteiger partial charge is 0.159 e. The molecular formula is C18H26Cl2N4O. The van der Waals surface area contributed by atoms with E-state index in [9.17, 15) is 0 Å². The Kier molecular flexibility index (Phi) is 8.45. The molecule has 2 aliphatic rings. The summed E-state index contributed by atoms with van der Waals surface area (Å²) in [6, 6.07) is 8.08. The van der Waals surface area contributed by atoms with Gasteiger partial charge in [-0.05, 0) is 37.1 Å². The van der Waals surface area contributed by atoms with E-state index < -0.39 is 5.66 Å². The van der Waals surface area contributed by atoms with Gasteiger partial charge in [-0.1, -0.05) is 24.3 Å². The molecule has 0 saturated heterocycles. The van der Waals surface area contributed by atoms with Gasteiger partial charge in [-0.3, -0.25) is 10.2 Å². The van der Waals surface area contributed by atoms with Crippen LogP contribution in [0.1, 0.15) is 18.9 Å². The van der Waals surface area contributed by atoms with Gasteiger partial charge in [0.15, 0.2) is 5.66 Å².